The Morgan fingerprint density at radius 1 is 1.16 bits per heavy atom. The number of nitrogens with zero attached hydrogens (tertiary/aromatic N) is 1. The van der Waals surface area contributed by atoms with Gasteiger partial charge in [0.15, 0.2) is 0 Å². The molecule has 3 rings (SSSR count). The molecule has 4 nitrogen and oxygen atoms in total. The fourth-order valence-corrected chi connectivity index (χ4v) is 4.74. The van der Waals surface area contributed by atoms with E-state index in [1.165, 1.54) is 11.1 Å². The van der Waals surface area contributed by atoms with Gasteiger partial charge in [0, 0.05) is 37.1 Å². The van der Waals surface area contributed by atoms with Crippen LogP contribution in [0.15, 0.2) is 54.6 Å². The molecule has 1 fully saturated rings. The lowest BCUT2D eigenvalue weighted by Gasteiger charge is -2.44. The molecule has 1 heterocycles. The molecule has 0 spiro atoms. The zero-order valence-electron chi connectivity index (χ0n) is 19.5. The van der Waals surface area contributed by atoms with E-state index in [2.05, 4.69) is 44.2 Å². The molecule has 2 atom stereocenters. The van der Waals surface area contributed by atoms with Gasteiger partial charge in [0.05, 0.1) is 13.2 Å². The predicted octanol–water partition coefficient (Wildman–Crippen LogP) is 5.60. The second-order valence-electron chi connectivity index (χ2n) is 8.99. The first kappa shape index (κ1) is 23.3. The minimum Gasteiger partial charge on any atom is -0.496 e. The Bertz CT molecular complexity index is 835. The van der Waals surface area contributed by atoms with Gasteiger partial charge in [-0.25, -0.2) is 0 Å². The molecule has 0 N–H and O–H groups in total. The van der Waals surface area contributed by atoms with Crippen LogP contribution in [0.4, 0.5) is 0 Å². The van der Waals surface area contributed by atoms with Gasteiger partial charge < -0.3 is 14.4 Å². The molecule has 1 amide bonds. The average molecular weight is 424 g/mol. The molecule has 1 aliphatic rings. The third-order valence-corrected chi connectivity index (χ3v) is 6.66. The van der Waals surface area contributed by atoms with Crippen molar-refractivity contribution in [2.75, 3.05) is 20.3 Å². The molecule has 4 heteroatoms. The lowest BCUT2D eigenvalue weighted by Crippen LogP contribution is -2.44. The maximum absolute atomic E-state index is 12.8. The molecular weight excluding hydrogens is 386 g/mol. The molecule has 1 aliphatic heterocycles. The first-order valence-electron chi connectivity index (χ1n) is 11.6. The van der Waals surface area contributed by atoms with E-state index < -0.39 is 0 Å². The van der Waals surface area contributed by atoms with E-state index in [1.807, 2.05) is 36.1 Å². The molecule has 2 aromatic carbocycles. The van der Waals surface area contributed by atoms with E-state index >= 15 is 0 Å². The SMILES string of the molecule is CCC(=O)N(CC[C@]1(c2ccccc2OC)CCO[C@@H](C(C)C)C1)Cc1ccccc1. The number of ether oxygens (including phenoxy) is 2. The van der Waals surface area contributed by atoms with Crippen molar-refractivity contribution in [3.8, 4) is 5.75 Å². The monoisotopic (exact) mass is 423 g/mol. The first-order chi connectivity index (χ1) is 15.0. The van der Waals surface area contributed by atoms with Gasteiger partial charge in [0.1, 0.15) is 5.75 Å². The zero-order valence-corrected chi connectivity index (χ0v) is 19.5. The fourth-order valence-electron chi connectivity index (χ4n) is 4.74. The number of carbonyl (C=O) groups excluding carboxylic acids is 1. The molecule has 2 aromatic rings. The number of methoxy groups -OCH3 is 1. The molecule has 31 heavy (non-hydrogen) atoms. The number of amides is 1. The lowest BCUT2D eigenvalue weighted by atomic mass is 9.68. The molecule has 0 unspecified atom stereocenters. The van der Waals surface area contributed by atoms with Crippen LogP contribution < -0.4 is 4.74 Å². The maximum Gasteiger partial charge on any atom is 0.222 e. The summed E-state index contributed by atoms with van der Waals surface area (Å²) in [7, 11) is 1.74. The molecule has 0 aliphatic carbocycles. The Morgan fingerprint density at radius 2 is 1.87 bits per heavy atom. The number of para-hydroxylation sites is 1. The van der Waals surface area contributed by atoms with Gasteiger partial charge in [-0.2, -0.15) is 0 Å². The number of hydrogen-bond acceptors (Lipinski definition) is 3. The second-order valence-corrected chi connectivity index (χ2v) is 8.99. The quantitative estimate of drug-likeness (QED) is 0.527. The van der Waals surface area contributed by atoms with Crippen molar-refractivity contribution in [3.63, 3.8) is 0 Å². The van der Waals surface area contributed by atoms with E-state index in [1.54, 1.807) is 7.11 Å². The summed E-state index contributed by atoms with van der Waals surface area (Å²) >= 11 is 0. The Labute approximate surface area is 187 Å². The summed E-state index contributed by atoms with van der Waals surface area (Å²) in [5.41, 5.74) is 2.35. The van der Waals surface area contributed by atoms with Crippen LogP contribution >= 0.6 is 0 Å². The van der Waals surface area contributed by atoms with E-state index in [4.69, 9.17) is 9.47 Å². The highest BCUT2D eigenvalue weighted by atomic mass is 16.5. The normalized spacial score (nSPS) is 21.1. The molecule has 168 valence electrons. The third kappa shape index (κ3) is 5.68. The fraction of sp³-hybridized carbons (Fsp3) is 0.519. The van der Waals surface area contributed by atoms with Crippen molar-refractivity contribution in [2.24, 2.45) is 5.92 Å². The second kappa shape index (κ2) is 10.8. The Balaban J connectivity index is 1.89. The average Bonchev–Trinajstić information content (AvgIpc) is 2.82. The predicted molar refractivity (Wildman–Crippen MR) is 125 cm³/mol. The summed E-state index contributed by atoms with van der Waals surface area (Å²) in [6, 6.07) is 18.6. The summed E-state index contributed by atoms with van der Waals surface area (Å²) in [5, 5.41) is 0. The van der Waals surface area contributed by atoms with Crippen molar-refractivity contribution in [3.05, 3.63) is 65.7 Å². The van der Waals surface area contributed by atoms with Gasteiger partial charge in [-0.1, -0.05) is 69.3 Å². The number of benzene rings is 2. The highest BCUT2D eigenvalue weighted by molar-refractivity contribution is 5.75. The van der Waals surface area contributed by atoms with E-state index in [9.17, 15) is 4.79 Å². The highest BCUT2D eigenvalue weighted by Gasteiger charge is 2.41. The van der Waals surface area contributed by atoms with Crippen molar-refractivity contribution >= 4 is 5.91 Å². The standard InChI is InChI=1S/C27H37NO3/c1-5-26(29)28(20-22-11-7-6-8-12-22)17-15-27(16-18-31-25(19-27)21(2)3)23-13-9-10-14-24(23)30-4/h6-14,21,25H,5,15-20H2,1-4H3/t25-,27+/m1/s1. The van der Waals surface area contributed by atoms with Crippen LogP contribution in [0.25, 0.3) is 0 Å². The van der Waals surface area contributed by atoms with Gasteiger partial charge in [-0.15, -0.1) is 0 Å². The van der Waals surface area contributed by atoms with Crippen LogP contribution in [0, 0.1) is 5.92 Å². The van der Waals surface area contributed by atoms with Gasteiger partial charge in [0.2, 0.25) is 5.91 Å². The molecule has 0 bridgehead atoms. The zero-order chi connectivity index (χ0) is 22.3. The Morgan fingerprint density at radius 3 is 2.55 bits per heavy atom. The van der Waals surface area contributed by atoms with Crippen LogP contribution in [-0.4, -0.2) is 37.2 Å². The molecular formula is C27H37NO3. The summed E-state index contributed by atoms with van der Waals surface area (Å²) in [6.07, 6.45) is 3.52. The summed E-state index contributed by atoms with van der Waals surface area (Å²) in [5.74, 6) is 1.59. The van der Waals surface area contributed by atoms with Crippen molar-refractivity contribution < 1.29 is 14.3 Å². The summed E-state index contributed by atoms with van der Waals surface area (Å²) in [4.78, 5) is 14.8. The van der Waals surface area contributed by atoms with Crippen LogP contribution in [0.2, 0.25) is 0 Å². The van der Waals surface area contributed by atoms with Crippen LogP contribution in [0.3, 0.4) is 0 Å². The molecule has 0 aromatic heterocycles. The van der Waals surface area contributed by atoms with Crippen LogP contribution in [-0.2, 0) is 21.5 Å². The first-order valence-corrected chi connectivity index (χ1v) is 11.6. The summed E-state index contributed by atoms with van der Waals surface area (Å²) in [6.45, 7) is 8.52. The molecule has 0 saturated carbocycles. The van der Waals surface area contributed by atoms with Gasteiger partial charge in [-0.05, 0) is 36.8 Å². The number of hydrogen-bond donors (Lipinski definition) is 0. The van der Waals surface area contributed by atoms with E-state index in [-0.39, 0.29) is 17.4 Å². The lowest BCUT2D eigenvalue weighted by molar-refractivity contribution is -0.132. The Hall–Kier alpha value is -2.33. The Kier molecular flexibility index (Phi) is 8.14. The van der Waals surface area contributed by atoms with E-state index in [0.717, 1.165) is 38.2 Å². The number of carbonyl (C=O) groups is 1. The summed E-state index contributed by atoms with van der Waals surface area (Å²) < 4.78 is 11.9. The smallest absolute Gasteiger partial charge is 0.222 e. The molecule has 1 saturated heterocycles. The minimum absolute atomic E-state index is 0.0667. The van der Waals surface area contributed by atoms with Gasteiger partial charge >= 0.3 is 0 Å². The minimum atomic E-state index is -0.0667. The largest absolute Gasteiger partial charge is 0.496 e. The highest BCUT2D eigenvalue weighted by Crippen LogP contribution is 2.45. The van der Waals surface area contributed by atoms with E-state index in [0.29, 0.717) is 18.9 Å². The third-order valence-electron chi connectivity index (χ3n) is 6.66. The van der Waals surface area contributed by atoms with Crippen molar-refractivity contribution in [1.82, 2.24) is 4.90 Å². The molecule has 0 radical (unpaired) electrons. The van der Waals surface area contributed by atoms with Gasteiger partial charge in [-0.3, -0.25) is 4.79 Å². The number of rotatable bonds is 9. The topological polar surface area (TPSA) is 38.8 Å². The van der Waals surface area contributed by atoms with Crippen molar-refractivity contribution in [2.45, 2.75) is 64.5 Å². The van der Waals surface area contributed by atoms with Crippen molar-refractivity contribution in [1.29, 1.82) is 0 Å². The van der Waals surface area contributed by atoms with Crippen LogP contribution in [0.1, 0.15) is 57.6 Å². The van der Waals surface area contributed by atoms with Gasteiger partial charge in [0.25, 0.3) is 0 Å². The maximum atomic E-state index is 12.8. The van der Waals surface area contributed by atoms with Crippen LogP contribution in [0.5, 0.6) is 5.75 Å².